The first kappa shape index (κ1) is 13.6. The Kier molecular flexibility index (Phi) is 4.57. The number of halogens is 1. The molecule has 0 aliphatic rings. The Hall–Kier alpha value is -1.49. The van der Waals surface area contributed by atoms with Gasteiger partial charge in [0.25, 0.3) is 0 Å². The van der Waals surface area contributed by atoms with Crippen molar-refractivity contribution in [2.75, 3.05) is 0 Å². The lowest BCUT2D eigenvalue weighted by Crippen LogP contribution is -2.20. The van der Waals surface area contributed by atoms with Crippen LogP contribution in [0.1, 0.15) is 26.3 Å². The van der Waals surface area contributed by atoms with Crippen LogP contribution in [-0.4, -0.2) is 22.1 Å². The van der Waals surface area contributed by atoms with Gasteiger partial charge in [0.2, 0.25) is 5.88 Å². The van der Waals surface area contributed by atoms with E-state index >= 15 is 0 Å². The number of oxime groups is 1. The van der Waals surface area contributed by atoms with E-state index < -0.39 is 0 Å². The molecule has 0 radical (unpaired) electrons. The minimum Gasteiger partial charge on any atom is -0.473 e. The maximum atomic E-state index is 8.62. The van der Waals surface area contributed by atoms with Crippen molar-refractivity contribution < 1.29 is 9.94 Å². The van der Waals surface area contributed by atoms with Gasteiger partial charge in [-0.05, 0) is 18.9 Å². The van der Waals surface area contributed by atoms with Crippen molar-refractivity contribution in [2.24, 2.45) is 16.8 Å². The minimum atomic E-state index is -0.0700. The fourth-order valence-electron chi connectivity index (χ4n) is 1.07. The van der Waals surface area contributed by atoms with Crippen molar-refractivity contribution in [1.29, 1.82) is 0 Å². The molecule has 0 aromatic carbocycles. The van der Waals surface area contributed by atoms with Crippen molar-refractivity contribution in [1.82, 2.24) is 4.98 Å². The molecule has 3 N–H and O–H groups in total. The summed E-state index contributed by atoms with van der Waals surface area (Å²) in [5.41, 5.74) is 5.89. The van der Waals surface area contributed by atoms with Crippen LogP contribution in [-0.2, 0) is 0 Å². The van der Waals surface area contributed by atoms with E-state index in [9.17, 15) is 0 Å². The highest BCUT2D eigenvalue weighted by molar-refractivity contribution is 6.35. The average Bonchev–Trinajstić information content (AvgIpc) is 2.30. The summed E-state index contributed by atoms with van der Waals surface area (Å²) in [5, 5.41) is 11.8. The van der Waals surface area contributed by atoms with E-state index in [4.69, 9.17) is 27.3 Å². The van der Waals surface area contributed by atoms with E-state index in [-0.39, 0.29) is 22.8 Å². The number of nitrogens with two attached hydrogens (primary N) is 1. The Balaban J connectivity index is 3.03. The molecule has 0 amide bonds. The molecule has 5 nitrogen and oxygen atoms in total. The topological polar surface area (TPSA) is 80.7 Å². The second kappa shape index (κ2) is 5.72. The predicted octanol–water partition coefficient (Wildman–Crippen LogP) is 2.25. The van der Waals surface area contributed by atoms with Gasteiger partial charge in [-0.25, -0.2) is 4.98 Å². The highest BCUT2D eigenvalue weighted by Crippen LogP contribution is 2.27. The zero-order valence-corrected chi connectivity index (χ0v) is 10.8. The Morgan fingerprint density at radius 1 is 1.53 bits per heavy atom. The molecule has 17 heavy (non-hydrogen) atoms. The molecule has 1 heterocycles. The maximum Gasteiger partial charge on any atom is 0.233 e. The summed E-state index contributed by atoms with van der Waals surface area (Å²) in [7, 11) is 0. The first-order chi connectivity index (χ1) is 7.97. The highest BCUT2D eigenvalue weighted by atomic mass is 35.5. The van der Waals surface area contributed by atoms with Gasteiger partial charge >= 0.3 is 0 Å². The number of rotatable bonds is 4. The molecule has 1 unspecified atom stereocenters. The van der Waals surface area contributed by atoms with Gasteiger partial charge in [0.15, 0.2) is 5.84 Å². The molecule has 0 aliphatic carbocycles. The van der Waals surface area contributed by atoms with Gasteiger partial charge in [-0.2, -0.15) is 0 Å². The fraction of sp³-hybridized carbons (Fsp3) is 0.455. The van der Waals surface area contributed by atoms with E-state index in [0.717, 1.165) is 0 Å². The second-order valence-electron chi connectivity index (χ2n) is 4.03. The summed E-state index contributed by atoms with van der Waals surface area (Å²) in [5.74, 6) is 0.553. The van der Waals surface area contributed by atoms with Crippen LogP contribution in [0, 0.1) is 5.92 Å². The van der Waals surface area contributed by atoms with Crippen LogP contribution < -0.4 is 10.5 Å². The quantitative estimate of drug-likeness (QED) is 0.375. The highest BCUT2D eigenvalue weighted by Gasteiger charge is 2.16. The van der Waals surface area contributed by atoms with E-state index in [0.29, 0.717) is 11.5 Å². The zero-order valence-electron chi connectivity index (χ0n) is 10.0. The molecule has 1 rings (SSSR count). The van der Waals surface area contributed by atoms with E-state index in [1.54, 1.807) is 6.07 Å². The summed E-state index contributed by atoms with van der Waals surface area (Å²) in [4.78, 5) is 4.03. The first-order valence-electron chi connectivity index (χ1n) is 5.26. The first-order valence-corrected chi connectivity index (χ1v) is 5.64. The number of pyridine rings is 1. The van der Waals surface area contributed by atoms with Gasteiger partial charge in [0, 0.05) is 11.8 Å². The molecule has 0 fully saturated rings. The number of amidine groups is 1. The third kappa shape index (κ3) is 3.23. The normalized spacial score (nSPS) is 13.8. The molecule has 6 heteroatoms. The van der Waals surface area contributed by atoms with Crippen LogP contribution in [0.25, 0.3) is 0 Å². The number of ether oxygens (including phenoxy) is 1. The summed E-state index contributed by atoms with van der Waals surface area (Å²) >= 11 is 6.07. The molecule has 1 aromatic heterocycles. The Morgan fingerprint density at radius 3 is 2.71 bits per heavy atom. The third-order valence-corrected chi connectivity index (χ3v) is 2.84. The van der Waals surface area contributed by atoms with Crippen molar-refractivity contribution in [3.63, 3.8) is 0 Å². The van der Waals surface area contributed by atoms with Gasteiger partial charge in [0.05, 0.1) is 6.10 Å². The SMILES string of the molecule is CC(C)C(C)Oc1nccc(/C(N)=N/O)c1Cl. The van der Waals surface area contributed by atoms with Gasteiger partial charge in [0.1, 0.15) is 5.02 Å². The Bertz CT molecular complexity index is 421. The van der Waals surface area contributed by atoms with Gasteiger partial charge < -0.3 is 15.7 Å². The van der Waals surface area contributed by atoms with Crippen LogP contribution in [0.2, 0.25) is 5.02 Å². The molecule has 0 spiro atoms. The average molecular weight is 258 g/mol. The van der Waals surface area contributed by atoms with Gasteiger partial charge in [-0.3, -0.25) is 0 Å². The summed E-state index contributed by atoms with van der Waals surface area (Å²) in [6.07, 6.45) is 1.48. The summed E-state index contributed by atoms with van der Waals surface area (Å²) < 4.78 is 5.61. The van der Waals surface area contributed by atoms with E-state index in [1.165, 1.54) is 6.20 Å². The van der Waals surface area contributed by atoms with Gasteiger partial charge in [-0.15, -0.1) is 0 Å². The van der Waals surface area contributed by atoms with Crippen LogP contribution in [0.4, 0.5) is 0 Å². The molecular formula is C11H16ClN3O2. The van der Waals surface area contributed by atoms with Gasteiger partial charge in [-0.1, -0.05) is 30.6 Å². The van der Waals surface area contributed by atoms with E-state index in [2.05, 4.69) is 10.1 Å². The molecule has 94 valence electrons. The molecule has 0 aliphatic heterocycles. The molecular weight excluding hydrogens is 242 g/mol. The number of aromatic nitrogens is 1. The van der Waals surface area contributed by atoms with Crippen molar-refractivity contribution in [3.8, 4) is 5.88 Å². The van der Waals surface area contributed by atoms with Crippen LogP contribution in [0.15, 0.2) is 17.4 Å². The number of hydrogen-bond donors (Lipinski definition) is 2. The maximum absolute atomic E-state index is 8.62. The van der Waals surface area contributed by atoms with E-state index in [1.807, 2.05) is 20.8 Å². The fourth-order valence-corrected chi connectivity index (χ4v) is 1.32. The predicted molar refractivity (Wildman–Crippen MR) is 66.7 cm³/mol. The summed E-state index contributed by atoms with van der Waals surface area (Å²) in [6, 6.07) is 1.56. The second-order valence-corrected chi connectivity index (χ2v) is 4.41. The molecule has 0 saturated heterocycles. The van der Waals surface area contributed by atoms with Crippen molar-refractivity contribution in [2.45, 2.75) is 26.9 Å². The Morgan fingerprint density at radius 2 is 2.18 bits per heavy atom. The van der Waals surface area contributed by atoms with Crippen LogP contribution in [0.3, 0.4) is 0 Å². The zero-order chi connectivity index (χ0) is 13.0. The summed E-state index contributed by atoms with van der Waals surface area (Å²) in [6.45, 7) is 6.00. The number of nitrogens with zero attached hydrogens (tertiary/aromatic N) is 2. The van der Waals surface area contributed by atoms with Crippen LogP contribution >= 0.6 is 11.6 Å². The third-order valence-electron chi connectivity index (χ3n) is 2.48. The Labute approximate surface area is 105 Å². The lowest BCUT2D eigenvalue weighted by Gasteiger charge is -2.18. The molecule has 1 aromatic rings. The number of hydrogen-bond acceptors (Lipinski definition) is 4. The van der Waals surface area contributed by atoms with Crippen LogP contribution in [0.5, 0.6) is 5.88 Å². The molecule has 1 atom stereocenters. The lowest BCUT2D eigenvalue weighted by atomic mass is 10.1. The monoisotopic (exact) mass is 257 g/mol. The standard InChI is InChI=1S/C11H16ClN3O2/c1-6(2)7(3)17-11-9(12)8(4-5-14-11)10(13)15-16/h4-7,16H,1-3H3,(H2,13,15). The smallest absolute Gasteiger partial charge is 0.233 e. The molecule has 0 bridgehead atoms. The van der Waals surface area contributed by atoms with Crippen molar-refractivity contribution in [3.05, 3.63) is 22.8 Å². The molecule has 0 saturated carbocycles. The van der Waals surface area contributed by atoms with Crippen molar-refractivity contribution >= 4 is 17.4 Å². The largest absolute Gasteiger partial charge is 0.473 e. The lowest BCUT2D eigenvalue weighted by molar-refractivity contribution is 0.163. The minimum absolute atomic E-state index is 0.0254.